The zero-order chi connectivity index (χ0) is 28.8. The van der Waals surface area contributed by atoms with Crippen LogP contribution in [0.25, 0.3) is 5.76 Å². The lowest BCUT2D eigenvalue weighted by atomic mass is 9.93. The van der Waals surface area contributed by atoms with Crippen molar-refractivity contribution in [3.63, 3.8) is 0 Å². The summed E-state index contributed by atoms with van der Waals surface area (Å²) in [6.07, 6.45) is 0.654. The maximum Gasteiger partial charge on any atom is 0.295 e. The summed E-state index contributed by atoms with van der Waals surface area (Å²) in [5.41, 5.74) is 1.76. The van der Waals surface area contributed by atoms with Crippen LogP contribution in [-0.4, -0.2) is 84.3 Å². The van der Waals surface area contributed by atoms with Gasteiger partial charge in [-0.1, -0.05) is 19.9 Å². The Labute approximate surface area is 235 Å². The van der Waals surface area contributed by atoms with Crippen LogP contribution in [0, 0.1) is 12.8 Å². The molecule has 0 unspecified atom stereocenters. The summed E-state index contributed by atoms with van der Waals surface area (Å²) < 4.78 is 16.8. The molecule has 0 aliphatic carbocycles. The number of rotatable bonds is 11. The first kappa shape index (κ1) is 29.4. The van der Waals surface area contributed by atoms with Crippen molar-refractivity contribution in [2.24, 2.45) is 5.92 Å². The molecule has 2 aromatic rings. The minimum absolute atomic E-state index is 0.0171. The molecule has 2 heterocycles. The number of hydrogen-bond acceptors (Lipinski definition) is 8. The van der Waals surface area contributed by atoms with Crippen molar-refractivity contribution >= 4 is 17.4 Å². The van der Waals surface area contributed by atoms with Gasteiger partial charge in [0, 0.05) is 31.7 Å². The van der Waals surface area contributed by atoms with E-state index in [0.29, 0.717) is 62.2 Å². The molecule has 2 aliphatic heterocycles. The average Bonchev–Trinajstić information content (AvgIpc) is 3.18. The molecule has 2 N–H and O–H groups in total. The number of Topliss-reactive ketones (excluding diaryl/α,β-unsaturated/α-hetero) is 1. The van der Waals surface area contributed by atoms with Crippen LogP contribution in [0.15, 0.2) is 42.0 Å². The zero-order valence-electron chi connectivity index (χ0n) is 23.8. The number of likely N-dealkylation sites (tertiary alicyclic amines) is 1. The van der Waals surface area contributed by atoms with E-state index in [-0.39, 0.29) is 22.8 Å². The number of aliphatic hydroxyl groups excluding tert-OH is 1. The second-order valence-electron chi connectivity index (χ2n) is 10.6. The number of hydrogen-bond donors (Lipinski definition) is 2. The molecule has 2 fully saturated rings. The summed E-state index contributed by atoms with van der Waals surface area (Å²) in [5.74, 6) is -0.391. The van der Waals surface area contributed by atoms with Crippen molar-refractivity contribution in [1.29, 1.82) is 0 Å². The van der Waals surface area contributed by atoms with Crippen molar-refractivity contribution in [3.8, 4) is 17.2 Å². The Morgan fingerprint density at radius 3 is 2.50 bits per heavy atom. The van der Waals surface area contributed by atoms with Gasteiger partial charge in [-0.25, -0.2) is 0 Å². The van der Waals surface area contributed by atoms with Crippen LogP contribution in [-0.2, 0) is 14.3 Å². The number of carbonyl (C=O) groups excluding carboxylic acids is 2. The van der Waals surface area contributed by atoms with Crippen LogP contribution in [0.1, 0.15) is 49.9 Å². The average molecular weight is 553 g/mol. The van der Waals surface area contributed by atoms with E-state index in [1.807, 2.05) is 13.0 Å². The lowest BCUT2D eigenvalue weighted by Gasteiger charge is -2.29. The minimum atomic E-state index is -0.833. The van der Waals surface area contributed by atoms with Gasteiger partial charge < -0.3 is 29.3 Å². The van der Waals surface area contributed by atoms with Crippen molar-refractivity contribution in [2.75, 3.05) is 52.6 Å². The second-order valence-corrected chi connectivity index (χ2v) is 10.6. The lowest BCUT2D eigenvalue weighted by Crippen LogP contribution is -2.38. The molecule has 0 spiro atoms. The number of aliphatic hydroxyl groups is 1. The standard InChI is InChI=1S/C31H40N2O7/c1-5-39-26-18-22(7-10-25(26)34)28-27(29(35)24-9-8-23(17-21(24)4)40-19-20(2)3)30(36)31(37)33(28)12-6-11-32-13-15-38-16-14-32/h7-10,17-18,20,28,34-35H,5-6,11-16,19H2,1-4H3/t28-/m0/s1. The number of aryl methyl sites for hydroxylation is 1. The first-order valence-corrected chi connectivity index (χ1v) is 14.0. The predicted molar refractivity (Wildman–Crippen MR) is 152 cm³/mol. The van der Waals surface area contributed by atoms with E-state index < -0.39 is 17.7 Å². The highest BCUT2D eigenvalue weighted by Crippen LogP contribution is 2.42. The van der Waals surface area contributed by atoms with Crippen LogP contribution in [0.5, 0.6) is 17.2 Å². The molecule has 0 aromatic heterocycles. The fourth-order valence-corrected chi connectivity index (χ4v) is 5.12. The van der Waals surface area contributed by atoms with E-state index >= 15 is 0 Å². The third kappa shape index (κ3) is 6.59. The molecule has 9 heteroatoms. The van der Waals surface area contributed by atoms with Gasteiger partial charge in [0.05, 0.1) is 38.0 Å². The molecule has 2 saturated heterocycles. The molecule has 9 nitrogen and oxygen atoms in total. The first-order valence-electron chi connectivity index (χ1n) is 14.0. The highest BCUT2D eigenvalue weighted by molar-refractivity contribution is 6.46. The van der Waals surface area contributed by atoms with Gasteiger partial charge >= 0.3 is 0 Å². The van der Waals surface area contributed by atoms with E-state index in [0.717, 1.165) is 25.2 Å². The first-order chi connectivity index (χ1) is 19.2. The maximum absolute atomic E-state index is 13.5. The SMILES string of the molecule is CCOc1cc([C@H]2C(=C(O)c3ccc(OCC(C)C)cc3C)C(=O)C(=O)N2CCCN2CCOCC2)ccc1O. The highest BCUT2D eigenvalue weighted by Gasteiger charge is 2.46. The fraction of sp³-hybridized carbons (Fsp3) is 0.484. The fourth-order valence-electron chi connectivity index (χ4n) is 5.12. The van der Waals surface area contributed by atoms with Crippen molar-refractivity contribution in [2.45, 2.75) is 40.2 Å². The topological polar surface area (TPSA) is 109 Å². The molecule has 0 bridgehead atoms. The summed E-state index contributed by atoms with van der Waals surface area (Å²) in [6.45, 7) is 12.8. The molecule has 0 saturated carbocycles. The van der Waals surface area contributed by atoms with E-state index in [2.05, 4.69) is 18.7 Å². The van der Waals surface area contributed by atoms with Crippen LogP contribution in [0.3, 0.4) is 0 Å². The van der Waals surface area contributed by atoms with Crippen LogP contribution < -0.4 is 9.47 Å². The molecule has 40 heavy (non-hydrogen) atoms. The largest absolute Gasteiger partial charge is 0.507 e. The van der Waals surface area contributed by atoms with E-state index in [9.17, 15) is 19.8 Å². The Bertz CT molecular complexity index is 1250. The number of amides is 1. The highest BCUT2D eigenvalue weighted by atomic mass is 16.5. The Balaban J connectivity index is 1.71. The van der Waals surface area contributed by atoms with Gasteiger partial charge in [-0.15, -0.1) is 0 Å². The summed E-state index contributed by atoms with van der Waals surface area (Å²) in [5, 5.41) is 21.8. The maximum atomic E-state index is 13.5. The van der Waals surface area contributed by atoms with Gasteiger partial charge in [0.15, 0.2) is 11.5 Å². The Kier molecular flexibility index (Phi) is 9.71. The Hall–Kier alpha value is -3.56. The van der Waals surface area contributed by atoms with Gasteiger partial charge in [-0.05, 0) is 67.6 Å². The van der Waals surface area contributed by atoms with Crippen molar-refractivity contribution < 1.29 is 34.0 Å². The number of carbonyl (C=O) groups is 2. The minimum Gasteiger partial charge on any atom is -0.507 e. The summed E-state index contributed by atoms with van der Waals surface area (Å²) in [4.78, 5) is 30.6. The third-order valence-electron chi connectivity index (χ3n) is 7.15. The molecule has 2 aromatic carbocycles. The van der Waals surface area contributed by atoms with Gasteiger partial charge in [0.25, 0.3) is 11.7 Å². The number of phenols is 1. The molecular formula is C31H40N2O7. The second kappa shape index (κ2) is 13.2. The van der Waals surface area contributed by atoms with Gasteiger partial charge in [-0.3, -0.25) is 14.5 Å². The van der Waals surface area contributed by atoms with Crippen LogP contribution in [0.2, 0.25) is 0 Å². The number of benzene rings is 2. The zero-order valence-corrected chi connectivity index (χ0v) is 23.8. The molecule has 0 radical (unpaired) electrons. The van der Waals surface area contributed by atoms with Crippen molar-refractivity contribution in [1.82, 2.24) is 9.80 Å². The molecule has 1 atom stereocenters. The van der Waals surface area contributed by atoms with Crippen LogP contribution in [0.4, 0.5) is 0 Å². The number of ketones is 1. The molecule has 2 aliphatic rings. The van der Waals surface area contributed by atoms with E-state index in [4.69, 9.17) is 14.2 Å². The summed E-state index contributed by atoms with van der Waals surface area (Å²) in [7, 11) is 0. The number of phenolic OH excluding ortho intramolecular Hbond substituents is 1. The normalized spacial score (nSPS) is 19.4. The number of aromatic hydroxyl groups is 1. The lowest BCUT2D eigenvalue weighted by molar-refractivity contribution is -0.140. The molecule has 4 rings (SSSR count). The molecule has 1 amide bonds. The monoisotopic (exact) mass is 552 g/mol. The van der Waals surface area contributed by atoms with Gasteiger partial charge in [-0.2, -0.15) is 0 Å². The van der Waals surface area contributed by atoms with Crippen LogP contribution >= 0.6 is 0 Å². The summed E-state index contributed by atoms with van der Waals surface area (Å²) in [6, 6.07) is 9.23. The Morgan fingerprint density at radius 2 is 1.82 bits per heavy atom. The predicted octanol–water partition coefficient (Wildman–Crippen LogP) is 4.28. The summed E-state index contributed by atoms with van der Waals surface area (Å²) >= 11 is 0. The number of ether oxygens (including phenoxy) is 3. The molecule has 216 valence electrons. The third-order valence-corrected chi connectivity index (χ3v) is 7.15. The van der Waals surface area contributed by atoms with Crippen molar-refractivity contribution in [3.05, 3.63) is 58.7 Å². The molecular weight excluding hydrogens is 512 g/mol. The van der Waals surface area contributed by atoms with Gasteiger partial charge in [0.2, 0.25) is 0 Å². The van der Waals surface area contributed by atoms with E-state index in [1.165, 1.54) is 11.0 Å². The Morgan fingerprint density at radius 1 is 1.07 bits per heavy atom. The van der Waals surface area contributed by atoms with E-state index in [1.54, 1.807) is 31.2 Å². The quantitative estimate of drug-likeness (QED) is 0.242. The smallest absolute Gasteiger partial charge is 0.295 e. The van der Waals surface area contributed by atoms with Gasteiger partial charge in [0.1, 0.15) is 11.5 Å². The number of morpholine rings is 1. The number of nitrogens with zero attached hydrogens (tertiary/aromatic N) is 2.